The highest BCUT2D eigenvalue weighted by Crippen LogP contribution is 2.30. The molecule has 0 aliphatic heterocycles. The Labute approximate surface area is 104 Å². The molecule has 0 amide bonds. The summed E-state index contributed by atoms with van der Waals surface area (Å²) in [5, 5.41) is 0. The van der Waals surface area contributed by atoms with Gasteiger partial charge >= 0.3 is 0 Å². The van der Waals surface area contributed by atoms with Crippen molar-refractivity contribution >= 4 is 5.69 Å². The number of nitrogens with two attached hydrogens (primary N) is 1. The maximum atomic E-state index is 12.7. The van der Waals surface area contributed by atoms with E-state index >= 15 is 0 Å². The first-order chi connectivity index (χ1) is 8.60. The average Bonchev–Trinajstić information content (AvgIpc) is 2.38. The van der Waals surface area contributed by atoms with Gasteiger partial charge in [-0.3, -0.25) is 0 Å². The Bertz CT molecular complexity index is 555. The summed E-state index contributed by atoms with van der Waals surface area (Å²) in [6.45, 7) is 0. The fourth-order valence-corrected chi connectivity index (χ4v) is 1.77. The molecule has 0 aromatic heterocycles. The normalized spacial score (nSPS) is 10.7. The van der Waals surface area contributed by atoms with Gasteiger partial charge in [0.15, 0.2) is 0 Å². The minimum absolute atomic E-state index is 0.0761. The van der Waals surface area contributed by atoms with Crippen LogP contribution in [-0.2, 0) is 0 Å². The van der Waals surface area contributed by atoms with Crippen molar-refractivity contribution in [2.75, 3.05) is 12.8 Å². The lowest BCUT2D eigenvalue weighted by Crippen LogP contribution is -1.92. The number of hydrogen-bond donors (Lipinski definition) is 1. The molecule has 0 unspecified atom stereocenters. The van der Waals surface area contributed by atoms with Crippen LogP contribution in [0.3, 0.4) is 0 Å². The van der Waals surface area contributed by atoms with Gasteiger partial charge < -0.3 is 10.5 Å². The zero-order valence-corrected chi connectivity index (χ0v) is 9.86. The second-order valence-electron chi connectivity index (χ2n) is 3.92. The second-order valence-corrected chi connectivity index (χ2v) is 3.92. The molecule has 0 atom stereocenters. The first-order valence-corrected chi connectivity index (χ1v) is 5.43. The Morgan fingerprint density at radius 1 is 1.06 bits per heavy atom. The molecule has 0 saturated carbocycles. The summed E-state index contributed by atoms with van der Waals surface area (Å²) in [5.74, 6) is 0.675. The van der Waals surface area contributed by atoms with Crippen LogP contribution in [0.1, 0.15) is 12.0 Å². The molecule has 0 saturated heterocycles. The van der Waals surface area contributed by atoms with E-state index in [2.05, 4.69) is 0 Å². The van der Waals surface area contributed by atoms with Crippen molar-refractivity contribution in [3.63, 3.8) is 0 Å². The van der Waals surface area contributed by atoms with Crippen LogP contribution >= 0.6 is 0 Å². The van der Waals surface area contributed by atoms with Crippen LogP contribution in [0, 0.1) is 0 Å². The minimum atomic E-state index is -2.53. The van der Waals surface area contributed by atoms with Crippen LogP contribution in [-0.4, -0.2) is 7.11 Å². The standard InChI is InChI=1S/C14H13F2NO/c1-18-13-4-2-3-9(8-13)10-5-11(14(15)16)7-12(17)6-10/h2-8,14H,17H2,1H3. The Morgan fingerprint density at radius 3 is 2.50 bits per heavy atom. The average molecular weight is 249 g/mol. The van der Waals surface area contributed by atoms with Gasteiger partial charge in [-0.05, 0) is 41.5 Å². The molecule has 94 valence electrons. The van der Waals surface area contributed by atoms with Gasteiger partial charge in [0.05, 0.1) is 7.11 Å². The number of hydrogen-bond acceptors (Lipinski definition) is 2. The van der Waals surface area contributed by atoms with E-state index in [0.717, 1.165) is 5.56 Å². The summed E-state index contributed by atoms with van der Waals surface area (Å²) in [6, 6.07) is 11.6. The lowest BCUT2D eigenvalue weighted by Gasteiger charge is -2.08. The zero-order chi connectivity index (χ0) is 13.1. The summed E-state index contributed by atoms with van der Waals surface area (Å²) < 4.78 is 30.5. The monoisotopic (exact) mass is 249 g/mol. The van der Waals surface area contributed by atoms with Crippen molar-refractivity contribution in [1.29, 1.82) is 0 Å². The number of ether oxygens (including phenoxy) is 1. The van der Waals surface area contributed by atoms with Crippen molar-refractivity contribution < 1.29 is 13.5 Å². The van der Waals surface area contributed by atoms with Crippen LogP contribution in [0.25, 0.3) is 11.1 Å². The molecule has 0 aliphatic carbocycles. The van der Waals surface area contributed by atoms with Gasteiger partial charge in [-0.1, -0.05) is 12.1 Å². The molecule has 4 heteroatoms. The van der Waals surface area contributed by atoms with Gasteiger partial charge in [0.1, 0.15) is 5.75 Å². The van der Waals surface area contributed by atoms with Crippen molar-refractivity contribution in [1.82, 2.24) is 0 Å². The summed E-state index contributed by atoms with van der Waals surface area (Å²) in [7, 11) is 1.56. The van der Waals surface area contributed by atoms with Gasteiger partial charge in [-0.15, -0.1) is 0 Å². The number of nitrogen functional groups attached to an aromatic ring is 1. The topological polar surface area (TPSA) is 35.2 Å². The third kappa shape index (κ3) is 2.59. The highest BCUT2D eigenvalue weighted by atomic mass is 19.3. The van der Waals surface area contributed by atoms with Gasteiger partial charge in [0, 0.05) is 11.3 Å². The minimum Gasteiger partial charge on any atom is -0.497 e. The molecule has 2 rings (SSSR count). The molecule has 0 aliphatic rings. The number of halogens is 2. The molecule has 2 N–H and O–H groups in total. The van der Waals surface area contributed by atoms with Gasteiger partial charge in [-0.25, -0.2) is 8.78 Å². The van der Waals surface area contributed by atoms with E-state index in [9.17, 15) is 8.78 Å². The number of benzene rings is 2. The summed E-state index contributed by atoms with van der Waals surface area (Å²) >= 11 is 0. The molecule has 0 bridgehead atoms. The maximum absolute atomic E-state index is 12.7. The van der Waals surface area contributed by atoms with Crippen LogP contribution in [0.15, 0.2) is 42.5 Å². The Hall–Kier alpha value is -2.10. The summed E-state index contributed by atoms with van der Waals surface area (Å²) in [4.78, 5) is 0. The molecule has 2 nitrogen and oxygen atoms in total. The van der Waals surface area contributed by atoms with E-state index in [-0.39, 0.29) is 5.56 Å². The molecular formula is C14H13F2NO. The van der Waals surface area contributed by atoms with Crippen molar-refractivity contribution in [3.8, 4) is 16.9 Å². The van der Waals surface area contributed by atoms with Crippen molar-refractivity contribution in [3.05, 3.63) is 48.0 Å². The number of alkyl halides is 2. The smallest absolute Gasteiger partial charge is 0.263 e. The third-order valence-corrected chi connectivity index (χ3v) is 2.63. The second kappa shape index (κ2) is 5.04. The largest absolute Gasteiger partial charge is 0.497 e. The molecular weight excluding hydrogens is 236 g/mol. The lowest BCUT2D eigenvalue weighted by molar-refractivity contribution is 0.151. The fraction of sp³-hybridized carbons (Fsp3) is 0.143. The van der Waals surface area contributed by atoms with Gasteiger partial charge in [0.25, 0.3) is 6.43 Å². The van der Waals surface area contributed by atoms with E-state index in [1.165, 1.54) is 12.1 Å². The summed E-state index contributed by atoms with van der Waals surface area (Å²) in [6.07, 6.45) is -2.53. The third-order valence-electron chi connectivity index (χ3n) is 2.63. The zero-order valence-electron chi connectivity index (χ0n) is 9.86. The van der Waals surface area contributed by atoms with E-state index in [4.69, 9.17) is 10.5 Å². The molecule has 0 heterocycles. The summed E-state index contributed by atoms with van der Waals surface area (Å²) in [5.41, 5.74) is 7.34. The maximum Gasteiger partial charge on any atom is 0.263 e. The molecule has 0 fully saturated rings. The lowest BCUT2D eigenvalue weighted by atomic mass is 10.0. The quantitative estimate of drug-likeness (QED) is 0.838. The highest BCUT2D eigenvalue weighted by Gasteiger charge is 2.10. The van der Waals surface area contributed by atoms with Crippen molar-refractivity contribution in [2.45, 2.75) is 6.43 Å². The predicted octanol–water partition coefficient (Wildman–Crippen LogP) is 3.88. The number of anilines is 1. The van der Waals surface area contributed by atoms with E-state index in [0.29, 0.717) is 17.0 Å². The first-order valence-electron chi connectivity index (χ1n) is 5.43. The number of rotatable bonds is 3. The van der Waals surface area contributed by atoms with E-state index in [1.54, 1.807) is 31.4 Å². The molecule has 18 heavy (non-hydrogen) atoms. The number of methoxy groups -OCH3 is 1. The molecule has 2 aromatic rings. The Morgan fingerprint density at radius 2 is 1.83 bits per heavy atom. The van der Waals surface area contributed by atoms with E-state index < -0.39 is 6.43 Å². The highest BCUT2D eigenvalue weighted by molar-refractivity contribution is 5.69. The molecule has 0 spiro atoms. The van der Waals surface area contributed by atoms with Gasteiger partial charge in [-0.2, -0.15) is 0 Å². The Kier molecular flexibility index (Phi) is 3.46. The SMILES string of the molecule is COc1cccc(-c2cc(N)cc(C(F)F)c2)c1. The Balaban J connectivity index is 2.49. The van der Waals surface area contributed by atoms with Crippen LogP contribution in [0.4, 0.5) is 14.5 Å². The fourth-order valence-electron chi connectivity index (χ4n) is 1.77. The molecule has 2 aromatic carbocycles. The predicted molar refractivity (Wildman–Crippen MR) is 67.8 cm³/mol. The first kappa shape index (κ1) is 12.4. The van der Waals surface area contributed by atoms with Crippen LogP contribution in [0.2, 0.25) is 0 Å². The van der Waals surface area contributed by atoms with Crippen LogP contribution in [0.5, 0.6) is 5.75 Å². The van der Waals surface area contributed by atoms with Crippen molar-refractivity contribution in [2.24, 2.45) is 0 Å². The van der Waals surface area contributed by atoms with E-state index in [1.807, 2.05) is 6.07 Å². The molecule has 0 radical (unpaired) electrons. The van der Waals surface area contributed by atoms with Crippen LogP contribution < -0.4 is 10.5 Å². The van der Waals surface area contributed by atoms with Gasteiger partial charge in [0.2, 0.25) is 0 Å².